The van der Waals surface area contributed by atoms with Gasteiger partial charge in [0.25, 0.3) is 5.56 Å². The number of benzene rings is 2. The number of aryl methyl sites for hydroxylation is 1. The zero-order valence-electron chi connectivity index (χ0n) is 10.3. The molecule has 0 N–H and O–H groups in total. The van der Waals surface area contributed by atoms with E-state index in [1.165, 1.54) is 0 Å². The first-order chi connectivity index (χ1) is 9.16. The van der Waals surface area contributed by atoms with Crippen molar-refractivity contribution in [3.63, 3.8) is 0 Å². The molecule has 0 radical (unpaired) electrons. The standard InChI is InChI=1S/C15H11ClN2O/c1-18-13-8-7-11(16)9-12(13)17-14(15(18)19)10-5-3-2-4-6-10/h2-9H,1H3. The molecule has 3 rings (SSSR count). The van der Waals surface area contributed by atoms with Gasteiger partial charge in [-0.15, -0.1) is 0 Å². The monoisotopic (exact) mass is 270 g/mol. The van der Waals surface area contributed by atoms with E-state index in [9.17, 15) is 4.79 Å². The smallest absolute Gasteiger partial charge is 0.277 e. The maximum Gasteiger partial charge on any atom is 0.277 e. The van der Waals surface area contributed by atoms with Crippen molar-refractivity contribution in [3.8, 4) is 11.3 Å². The number of hydrogen-bond donors (Lipinski definition) is 0. The Hall–Kier alpha value is -2.13. The average molecular weight is 271 g/mol. The molecule has 0 amide bonds. The van der Waals surface area contributed by atoms with Crippen molar-refractivity contribution in [1.82, 2.24) is 9.55 Å². The molecule has 0 saturated heterocycles. The van der Waals surface area contributed by atoms with Gasteiger partial charge in [0.2, 0.25) is 0 Å². The molecule has 1 heterocycles. The van der Waals surface area contributed by atoms with Crippen LogP contribution in [0.25, 0.3) is 22.3 Å². The van der Waals surface area contributed by atoms with Gasteiger partial charge >= 0.3 is 0 Å². The van der Waals surface area contributed by atoms with Gasteiger partial charge in [-0.3, -0.25) is 4.79 Å². The zero-order valence-corrected chi connectivity index (χ0v) is 11.1. The molecule has 2 aromatic carbocycles. The fourth-order valence-electron chi connectivity index (χ4n) is 2.09. The molecule has 3 nitrogen and oxygen atoms in total. The predicted molar refractivity (Wildman–Crippen MR) is 77.4 cm³/mol. The van der Waals surface area contributed by atoms with Crippen molar-refractivity contribution in [3.05, 3.63) is 63.9 Å². The lowest BCUT2D eigenvalue weighted by atomic mass is 10.1. The van der Waals surface area contributed by atoms with Crippen LogP contribution in [-0.4, -0.2) is 9.55 Å². The summed E-state index contributed by atoms with van der Waals surface area (Å²) in [5, 5.41) is 0.609. The third-order valence-corrected chi connectivity index (χ3v) is 3.32. The third kappa shape index (κ3) is 2.02. The minimum atomic E-state index is -0.110. The second-order valence-corrected chi connectivity index (χ2v) is 4.76. The highest BCUT2D eigenvalue weighted by atomic mass is 35.5. The Morgan fingerprint density at radius 2 is 1.84 bits per heavy atom. The number of rotatable bonds is 1. The molecule has 1 aromatic heterocycles. The molecule has 0 bridgehead atoms. The van der Waals surface area contributed by atoms with Crippen LogP contribution in [0.1, 0.15) is 0 Å². The van der Waals surface area contributed by atoms with Crippen molar-refractivity contribution in [2.75, 3.05) is 0 Å². The predicted octanol–water partition coefficient (Wildman–Crippen LogP) is 3.25. The van der Waals surface area contributed by atoms with Gasteiger partial charge in [0.05, 0.1) is 11.0 Å². The lowest BCUT2D eigenvalue weighted by molar-refractivity contribution is 0.896. The van der Waals surface area contributed by atoms with Gasteiger partial charge in [0.1, 0.15) is 5.69 Å². The van der Waals surface area contributed by atoms with E-state index in [-0.39, 0.29) is 5.56 Å². The minimum Gasteiger partial charge on any atom is -0.308 e. The Morgan fingerprint density at radius 1 is 1.11 bits per heavy atom. The minimum absolute atomic E-state index is 0.110. The highest BCUT2D eigenvalue weighted by Crippen LogP contribution is 2.19. The molecule has 4 heteroatoms. The third-order valence-electron chi connectivity index (χ3n) is 3.09. The molecular weight excluding hydrogens is 260 g/mol. The number of fused-ring (bicyclic) bond motifs is 1. The van der Waals surface area contributed by atoms with Gasteiger partial charge in [0.15, 0.2) is 0 Å². The van der Waals surface area contributed by atoms with E-state index in [1.54, 1.807) is 29.8 Å². The van der Waals surface area contributed by atoms with Crippen molar-refractivity contribution in [2.45, 2.75) is 0 Å². The summed E-state index contributed by atoms with van der Waals surface area (Å²) in [6, 6.07) is 14.8. The molecule has 0 spiro atoms. The van der Waals surface area contributed by atoms with Crippen molar-refractivity contribution in [1.29, 1.82) is 0 Å². The Bertz CT molecular complexity index is 809. The Kier molecular flexibility index (Phi) is 2.84. The highest BCUT2D eigenvalue weighted by Gasteiger charge is 2.10. The maximum atomic E-state index is 12.3. The number of hydrogen-bond acceptors (Lipinski definition) is 2. The molecule has 0 atom stereocenters. The van der Waals surface area contributed by atoms with Crippen LogP contribution in [0.3, 0.4) is 0 Å². The molecule has 0 fully saturated rings. The van der Waals surface area contributed by atoms with Crippen LogP contribution in [0.4, 0.5) is 0 Å². The van der Waals surface area contributed by atoms with Gasteiger partial charge in [0, 0.05) is 17.6 Å². The molecule has 0 aliphatic rings. The first kappa shape index (κ1) is 11.9. The lowest BCUT2D eigenvalue weighted by Gasteiger charge is -2.08. The summed E-state index contributed by atoms with van der Waals surface area (Å²) < 4.78 is 1.60. The number of nitrogens with zero attached hydrogens (tertiary/aromatic N) is 2. The van der Waals surface area contributed by atoms with Crippen LogP contribution in [0.15, 0.2) is 53.3 Å². The Balaban J connectivity index is 2.38. The summed E-state index contributed by atoms with van der Waals surface area (Å²) in [7, 11) is 1.74. The van der Waals surface area contributed by atoms with Gasteiger partial charge in [-0.2, -0.15) is 0 Å². The van der Waals surface area contributed by atoms with Crippen LogP contribution in [-0.2, 0) is 7.05 Å². The topological polar surface area (TPSA) is 34.9 Å². The van der Waals surface area contributed by atoms with Gasteiger partial charge < -0.3 is 4.57 Å². The van der Waals surface area contributed by atoms with Crippen LogP contribution in [0.2, 0.25) is 5.02 Å². The van der Waals surface area contributed by atoms with Crippen LogP contribution >= 0.6 is 11.6 Å². The largest absolute Gasteiger partial charge is 0.308 e. The quantitative estimate of drug-likeness (QED) is 0.680. The van der Waals surface area contributed by atoms with E-state index in [1.807, 2.05) is 30.3 Å². The molecule has 0 aliphatic heterocycles. The zero-order chi connectivity index (χ0) is 13.4. The number of halogens is 1. The summed E-state index contributed by atoms with van der Waals surface area (Å²) in [4.78, 5) is 16.8. The highest BCUT2D eigenvalue weighted by molar-refractivity contribution is 6.31. The van der Waals surface area contributed by atoms with Gasteiger partial charge in [-0.25, -0.2) is 4.98 Å². The Labute approximate surface area is 115 Å². The normalized spacial score (nSPS) is 10.8. The van der Waals surface area contributed by atoms with E-state index in [0.29, 0.717) is 16.2 Å². The fourth-order valence-corrected chi connectivity index (χ4v) is 2.26. The molecule has 3 aromatic rings. The van der Waals surface area contributed by atoms with Crippen LogP contribution in [0, 0.1) is 0 Å². The van der Waals surface area contributed by atoms with Gasteiger partial charge in [-0.05, 0) is 18.2 Å². The van der Waals surface area contributed by atoms with E-state index in [0.717, 1.165) is 11.1 Å². The second-order valence-electron chi connectivity index (χ2n) is 4.32. The molecule has 0 unspecified atom stereocenters. The van der Waals surface area contributed by atoms with Crippen LogP contribution < -0.4 is 5.56 Å². The lowest BCUT2D eigenvalue weighted by Crippen LogP contribution is -2.20. The summed E-state index contributed by atoms with van der Waals surface area (Å²) in [5.74, 6) is 0. The summed E-state index contributed by atoms with van der Waals surface area (Å²) in [6.45, 7) is 0. The maximum absolute atomic E-state index is 12.3. The Morgan fingerprint density at radius 3 is 2.58 bits per heavy atom. The summed E-state index contributed by atoms with van der Waals surface area (Å²) in [6.07, 6.45) is 0. The van der Waals surface area contributed by atoms with Crippen molar-refractivity contribution in [2.24, 2.45) is 7.05 Å². The molecule has 19 heavy (non-hydrogen) atoms. The SMILES string of the molecule is Cn1c(=O)c(-c2ccccc2)nc2cc(Cl)ccc21. The van der Waals surface area contributed by atoms with Crippen LogP contribution in [0.5, 0.6) is 0 Å². The summed E-state index contributed by atoms with van der Waals surface area (Å²) in [5.41, 5.74) is 2.63. The van der Waals surface area contributed by atoms with E-state index in [2.05, 4.69) is 4.98 Å². The van der Waals surface area contributed by atoms with Crippen molar-refractivity contribution < 1.29 is 0 Å². The fraction of sp³-hybridized carbons (Fsp3) is 0.0667. The summed E-state index contributed by atoms with van der Waals surface area (Å²) >= 11 is 5.98. The molecule has 94 valence electrons. The second kappa shape index (κ2) is 4.52. The first-order valence-electron chi connectivity index (χ1n) is 5.88. The average Bonchev–Trinajstić information content (AvgIpc) is 2.43. The molecular formula is C15H11ClN2O. The molecule has 0 aliphatic carbocycles. The molecule has 0 saturated carbocycles. The first-order valence-corrected chi connectivity index (χ1v) is 6.26. The number of aromatic nitrogens is 2. The van der Waals surface area contributed by atoms with E-state index >= 15 is 0 Å². The van der Waals surface area contributed by atoms with Gasteiger partial charge in [-0.1, -0.05) is 41.9 Å². The van der Waals surface area contributed by atoms with E-state index < -0.39 is 0 Å². The van der Waals surface area contributed by atoms with Crippen molar-refractivity contribution >= 4 is 22.6 Å². The van der Waals surface area contributed by atoms with E-state index in [4.69, 9.17) is 11.6 Å².